The molecule has 4 nitrogen and oxygen atoms in total. The van der Waals surface area contributed by atoms with E-state index in [1.54, 1.807) is 0 Å². The van der Waals surface area contributed by atoms with Gasteiger partial charge in [-0.25, -0.2) is 0 Å². The van der Waals surface area contributed by atoms with Crippen molar-refractivity contribution in [2.24, 2.45) is 0 Å². The summed E-state index contributed by atoms with van der Waals surface area (Å²) < 4.78 is 0. The third kappa shape index (κ3) is 8.76. The van der Waals surface area contributed by atoms with Crippen LogP contribution in [-0.4, -0.2) is 58.8 Å². The van der Waals surface area contributed by atoms with Crippen LogP contribution in [0.4, 0.5) is 0 Å². The minimum Gasteiger partial charge on any atom is -0.313 e. The average Bonchev–Trinajstić information content (AvgIpc) is 2.51. The normalized spacial score (nSPS) is 26.2. The van der Waals surface area contributed by atoms with Gasteiger partial charge in [-0.1, -0.05) is 26.2 Å². The number of piperidine rings is 2. The molecule has 4 heteroatoms. The molecule has 0 aromatic rings. The smallest absolute Gasteiger partial charge is 0.0145 e. The van der Waals surface area contributed by atoms with Crippen molar-refractivity contribution in [3.05, 3.63) is 0 Å². The summed E-state index contributed by atoms with van der Waals surface area (Å²) in [6.07, 6.45) is 10.3. The van der Waals surface area contributed by atoms with Crippen LogP contribution in [0, 0.1) is 0 Å². The molecule has 0 radical (unpaired) electrons. The lowest BCUT2D eigenvalue weighted by molar-refractivity contribution is 0.0632. The van der Waals surface area contributed by atoms with Gasteiger partial charge < -0.3 is 16.0 Å². The Morgan fingerprint density at radius 3 is 1.70 bits per heavy atom. The number of rotatable bonds is 10. The molecule has 2 saturated heterocycles. The Labute approximate surface area is 188 Å². The first-order chi connectivity index (χ1) is 13.7. The van der Waals surface area contributed by atoms with Crippen LogP contribution in [0.25, 0.3) is 0 Å². The number of hydrogen-bond donors (Lipinski definition) is 3. The van der Waals surface area contributed by atoms with Crippen LogP contribution in [0.5, 0.6) is 0 Å². The van der Waals surface area contributed by atoms with E-state index in [1.807, 2.05) is 0 Å². The monoisotopic (exact) mass is 422 g/mol. The maximum absolute atomic E-state index is 3.95. The molecule has 2 heterocycles. The van der Waals surface area contributed by atoms with Crippen molar-refractivity contribution in [3.8, 4) is 0 Å². The van der Waals surface area contributed by atoms with E-state index in [4.69, 9.17) is 0 Å². The van der Waals surface area contributed by atoms with E-state index in [0.717, 1.165) is 6.54 Å². The van der Waals surface area contributed by atoms with E-state index in [1.165, 1.54) is 64.5 Å². The first kappa shape index (κ1) is 26.1. The van der Waals surface area contributed by atoms with Gasteiger partial charge in [0.25, 0.3) is 0 Å². The Hall–Kier alpha value is -0.160. The summed E-state index contributed by atoms with van der Waals surface area (Å²) in [6.45, 7) is 24.8. The second kappa shape index (κ2) is 10.2. The minimum atomic E-state index is 0.211. The topological polar surface area (TPSA) is 39.3 Å². The largest absolute Gasteiger partial charge is 0.313 e. The van der Waals surface area contributed by atoms with Gasteiger partial charge in [0.1, 0.15) is 0 Å². The second-order valence-corrected chi connectivity index (χ2v) is 13.0. The highest BCUT2D eigenvalue weighted by Crippen LogP contribution is 2.32. The fourth-order valence-corrected chi connectivity index (χ4v) is 6.62. The molecular weight excluding hydrogens is 368 g/mol. The van der Waals surface area contributed by atoms with Crippen molar-refractivity contribution in [3.63, 3.8) is 0 Å². The van der Waals surface area contributed by atoms with Crippen LogP contribution in [0.2, 0.25) is 0 Å². The molecule has 2 aliphatic rings. The molecule has 0 saturated carbocycles. The fraction of sp³-hybridized carbons (Fsp3) is 1.00. The van der Waals surface area contributed by atoms with Crippen LogP contribution in [-0.2, 0) is 0 Å². The number of unbranched alkanes of at least 4 members (excludes halogenated alkanes) is 3. The number of nitrogens with one attached hydrogen (secondary N) is 3. The molecule has 0 bridgehead atoms. The van der Waals surface area contributed by atoms with Crippen molar-refractivity contribution in [1.29, 1.82) is 0 Å². The maximum atomic E-state index is 3.95. The summed E-state index contributed by atoms with van der Waals surface area (Å²) in [5.74, 6) is 0. The SMILES string of the molecule is CCCCCCN(CCNC1CC(C)(C)NC(C)(C)C1)C1CC(C)(C)NC(C)(C)C1. The van der Waals surface area contributed by atoms with Crippen LogP contribution >= 0.6 is 0 Å². The minimum absolute atomic E-state index is 0.211. The molecule has 3 N–H and O–H groups in total. The van der Waals surface area contributed by atoms with Crippen LogP contribution in [0.1, 0.15) is 114 Å². The summed E-state index contributed by atoms with van der Waals surface area (Å²) in [7, 11) is 0. The third-order valence-corrected chi connectivity index (χ3v) is 7.01. The van der Waals surface area contributed by atoms with E-state index >= 15 is 0 Å². The highest BCUT2D eigenvalue weighted by Gasteiger charge is 2.40. The number of hydrogen-bond acceptors (Lipinski definition) is 4. The molecule has 2 rings (SSSR count). The van der Waals surface area contributed by atoms with Gasteiger partial charge in [-0.2, -0.15) is 0 Å². The quantitative estimate of drug-likeness (QED) is 0.430. The van der Waals surface area contributed by atoms with E-state index in [9.17, 15) is 0 Å². The maximum Gasteiger partial charge on any atom is 0.0145 e. The van der Waals surface area contributed by atoms with E-state index < -0.39 is 0 Å². The van der Waals surface area contributed by atoms with Crippen molar-refractivity contribution in [2.45, 2.75) is 148 Å². The summed E-state index contributed by atoms with van der Waals surface area (Å²) in [5.41, 5.74) is 0.847. The second-order valence-electron chi connectivity index (χ2n) is 13.0. The predicted octanol–water partition coefficient (Wildman–Crippen LogP) is 5.08. The van der Waals surface area contributed by atoms with Crippen molar-refractivity contribution < 1.29 is 0 Å². The van der Waals surface area contributed by atoms with Gasteiger partial charge in [0, 0.05) is 47.3 Å². The molecule has 0 aliphatic carbocycles. The first-order valence-corrected chi connectivity index (χ1v) is 12.8. The van der Waals surface area contributed by atoms with Gasteiger partial charge in [-0.3, -0.25) is 4.90 Å². The van der Waals surface area contributed by atoms with Gasteiger partial charge >= 0.3 is 0 Å². The molecule has 0 aromatic heterocycles. The average molecular weight is 423 g/mol. The Bertz CT molecular complexity index is 491. The van der Waals surface area contributed by atoms with Crippen LogP contribution in [0.15, 0.2) is 0 Å². The van der Waals surface area contributed by atoms with E-state index in [0.29, 0.717) is 12.1 Å². The van der Waals surface area contributed by atoms with Crippen molar-refractivity contribution >= 4 is 0 Å². The zero-order valence-electron chi connectivity index (χ0n) is 21.9. The summed E-state index contributed by atoms with van der Waals surface area (Å²) in [6, 6.07) is 1.29. The van der Waals surface area contributed by atoms with Gasteiger partial charge in [0.15, 0.2) is 0 Å². The first-order valence-electron chi connectivity index (χ1n) is 12.8. The summed E-state index contributed by atoms with van der Waals surface area (Å²) in [5, 5.41) is 11.6. The van der Waals surface area contributed by atoms with Gasteiger partial charge in [0.2, 0.25) is 0 Å². The predicted molar refractivity (Wildman–Crippen MR) is 132 cm³/mol. The fourth-order valence-electron chi connectivity index (χ4n) is 6.62. The van der Waals surface area contributed by atoms with E-state index in [2.05, 4.69) is 83.2 Å². The lowest BCUT2D eigenvalue weighted by Gasteiger charge is -2.50. The van der Waals surface area contributed by atoms with E-state index in [-0.39, 0.29) is 22.2 Å². The molecule has 0 spiro atoms. The molecule has 0 aromatic carbocycles. The van der Waals surface area contributed by atoms with Gasteiger partial charge in [-0.05, 0) is 94.0 Å². The van der Waals surface area contributed by atoms with Crippen molar-refractivity contribution in [1.82, 2.24) is 20.9 Å². The zero-order chi connectivity index (χ0) is 22.6. The molecular formula is C26H54N4. The highest BCUT2D eigenvalue weighted by molar-refractivity contribution is 5.01. The molecule has 30 heavy (non-hydrogen) atoms. The highest BCUT2D eigenvalue weighted by atomic mass is 15.2. The molecule has 0 unspecified atom stereocenters. The lowest BCUT2D eigenvalue weighted by atomic mass is 9.79. The molecule has 2 fully saturated rings. The van der Waals surface area contributed by atoms with Crippen molar-refractivity contribution in [2.75, 3.05) is 19.6 Å². The standard InChI is InChI=1S/C26H54N4/c1-10-11-12-13-15-30(22-19-25(6,7)29-26(8,9)20-22)16-14-27-21-17-23(2,3)28-24(4,5)18-21/h21-22,27-29H,10-20H2,1-9H3. The Balaban J connectivity index is 1.96. The molecule has 2 aliphatic heterocycles. The Morgan fingerprint density at radius 1 is 0.700 bits per heavy atom. The Morgan fingerprint density at radius 2 is 1.20 bits per heavy atom. The zero-order valence-corrected chi connectivity index (χ0v) is 21.9. The molecule has 0 amide bonds. The third-order valence-electron chi connectivity index (χ3n) is 7.01. The van der Waals surface area contributed by atoms with Crippen LogP contribution < -0.4 is 16.0 Å². The molecule has 178 valence electrons. The number of nitrogens with zero attached hydrogens (tertiary/aromatic N) is 1. The van der Waals surface area contributed by atoms with Crippen LogP contribution in [0.3, 0.4) is 0 Å². The lowest BCUT2D eigenvalue weighted by Crippen LogP contribution is -2.63. The Kier molecular flexibility index (Phi) is 8.86. The van der Waals surface area contributed by atoms with Gasteiger partial charge in [-0.15, -0.1) is 0 Å². The molecule has 0 atom stereocenters. The van der Waals surface area contributed by atoms with Gasteiger partial charge in [0.05, 0.1) is 0 Å². The summed E-state index contributed by atoms with van der Waals surface area (Å²) in [4.78, 5) is 2.82. The summed E-state index contributed by atoms with van der Waals surface area (Å²) >= 11 is 0.